The first-order chi connectivity index (χ1) is 6.38. The first-order valence-electron chi connectivity index (χ1n) is 3.35. The van der Waals surface area contributed by atoms with Gasteiger partial charge in [-0.3, -0.25) is 4.57 Å². The summed E-state index contributed by atoms with van der Waals surface area (Å²) >= 11 is 2.96. The predicted molar refractivity (Wildman–Crippen MR) is 48.7 cm³/mol. The molecule has 0 aromatic carbocycles. The molecule has 0 bridgehead atoms. The van der Waals surface area contributed by atoms with Gasteiger partial charge >= 0.3 is 13.6 Å². The van der Waals surface area contributed by atoms with Crippen LogP contribution in [-0.2, 0) is 9.30 Å². The van der Waals surface area contributed by atoms with E-state index in [1.807, 2.05) is 0 Å². The van der Waals surface area contributed by atoms with E-state index in [9.17, 15) is 9.36 Å². The maximum atomic E-state index is 11.0. The zero-order valence-corrected chi connectivity index (χ0v) is 9.19. The zero-order valence-electron chi connectivity index (χ0n) is 6.71. The van der Waals surface area contributed by atoms with Crippen LogP contribution in [0.4, 0.5) is 0 Å². The van der Waals surface area contributed by atoms with Gasteiger partial charge in [-0.1, -0.05) is 0 Å². The van der Waals surface area contributed by atoms with Crippen molar-refractivity contribution in [1.82, 2.24) is 0 Å². The van der Waals surface area contributed by atoms with Gasteiger partial charge in [0.1, 0.15) is 0 Å². The molecule has 0 fully saturated rings. The van der Waals surface area contributed by atoms with E-state index in [1.54, 1.807) is 0 Å². The molecule has 0 atom stereocenters. The molecular weight excluding hydrogens is 279 g/mol. The summed E-state index contributed by atoms with van der Waals surface area (Å²) in [7, 11) is -4.33. The SMILES string of the molecule is O=C(OCP(=O)(O)O)c1ccc(Br)o1. The number of rotatable bonds is 3. The highest BCUT2D eigenvalue weighted by Gasteiger charge is 2.19. The Morgan fingerprint density at radius 3 is 2.64 bits per heavy atom. The molecule has 0 aliphatic carbocycles. The molecule has 1 heterocycles. The third-order valence-electron chi connectivity index (χ3n) is 1.14. The van der Waals surface area contributed by atoms with E-state index in [-0.39, 0.29) is 5.76 Å². The summed E-state index contributed by atoms with van der Waals surface area (Å²) in [5.74, 6) is -1.04. The molecule has 0 aliphatic rings. The number of halogens is 1. The van der Waals surface area contributed by atoms with Crippen molar-refractivity contribution in [2.75, 3.05) is 6.35 Å². The van der Waals surface area contributed by atoms with Crippen molar-refractivity contribution in [3.05, 3.63) is 22.6 Å². The van der Waals surface area contributed by atoms with Crippen LogP contribution in [-0.4, -0.2) is 22.1 Å². The summed E-state index contributed by atoms with van der Waals surface area (Å²) in [6.45, 7) is 0. The minimum Gasteiger partial charge on any atom is -0.447 e. The van der Waals surface area contributed by atoms with Crippen LogP contribution in [0.15, 0.2) is 21.2 Å². The average Bonchev–Trinajstić information content (AvgIpc) is 2.46. The molecule has 6 nitrogen and oxygen atoms in total. The normalized spacial score (nSPS) is 11.4. The topological polar surface area (TPSA) is 97.0 Å². The van der Waals surface area contributed by atoms with Crippen LogP contribution in [0.25, 0.3) is 0 Å². The molecule has 0 aliphatic heterocycles. The maximum absolute atomic E-state index is 11.0. The average molecular weight is 285 g/mol. The lowest BCUT2D eigenvalue weighted by molar-refractivity contribution is 0.0513. The summed E-state index contributed by atoms with van der Waals surface area (Å²) in [5.41, 5.74) is 0. The van der Waals surface area contributed by atoms with Gasteiger partial charge in [-0.15, -0.1) is 0 Å². The minimum atomic E-state index is -4.33. The van der Waals surface area contributed by atoms with Gasteiger partial charge in [-0.2, -0.15) is 0 Å². The molecule has 8 heteroatoms. The second-order valence-electron chi connectivity index (χ2n) is 2.33. The molecule has 0 unspecified atom stereocenters. The van der Waals surface area contributed by atoms with Crippen molar-refractivity contribution in [2.24, 2.45) is 0 Å². The first-order valence-corrected chi connectivity index (χ1v) is 5.94. The molecule has 1 aromatic heterocycles. The molecule has 14 heavy (non-hydrogen) atoms. The predicted octanol–water partition coefficient (Wildman–Crippen LogP) is 1.33. The standard InChI is InChI=1S/C6H6BrO6P/c7-5-2-1-4(13-5)6(8)12-3-14(9,10)11/h1-2H,3H2,(H2,9,10,11). The zero-order chi connectivity index (χ0) is 10.8. The third kappa shape index (κ3) is 3.63. The molecular formula is C6H6BrO6P. The smallest absolute Gasteiger partial charge is 0.374 e. The molecule has 1 aromatic rings. The van der Waals surface area contributed by atoms with Gasteiger partial charge in [0.2, 0.25) is 5.76 Å². The number of ether oxygens (including phenoxy) is 1. The van der Waals surface area contributed by atoms with E-state index in [2.05, 4.69) is 20.7 Å². The minimum absolute atomic E-state index is 0.120. The summed E-state index contributed by atoms with van der Waals surface area (Å²) < 4.78 is 19.8. The number of hydrogen-bond donors (Lipinski definition) is 2. The van der Waals surface area contributed by atoms with E-state index < -0.39 is 19.9 Å². The second-order valence-corrected chi connectivity index (χ2v) is 4.70. The Kier molecular flexibility index (Phi) is 3.49. The third-order valence-corrected chi connectivity index (χ3v) is 2.03. The quantitative estimate of drug-likeness (QED) is 0.642. The maximum Gasteiger partial charge on any atom is 0.374 e. The Balaban J connectivity index is 2.56. The van der Waals surface area contributed by atoms with Crippen LogP contribution in [0.3, 0.4) is 0 Å². The largest absolute Gasteiger partial charge is 0.447 e. The summed E-state index contributed by atoms with van der Waals surface area (Å²) in [4.78, 5) is 27.8. The fourth-order valence-corrected chi connectivity index (χ4v) is 1.23. The Hall–Kier alpha value is -0.620. The Labute approximate surface area is 87.1 Å². The van der Waals surface area contributed by atoms with Gasteiger partial charge in [0.15, 0.2) is 11.0 Å². The van der Waals surface area contributed by atoms with Gasteiger partial charge in [-0.05, 0) is 28.1 Å². The molecule has 0 saturated carbocycles. The first kappa shape index (κ1) is 11.5. The number of furan rings is 1. The van der Waals surface area contributed by atoms with Gasteiger partial charge in [0.05, 0.1) is 0 Å². The van der Waals surface area contributed by atoms with Crippen molar-refractivity contribution in [2.45, 2.75) is 0 Å². The van der Waals surface area contributed by atoms with E-state index in [0.717, 1.165) is 0 Å². The lowest BCUT2D eigenvalue weighted by Crippen LogP contribution is -2.05. The summed E-state index contributed by atoms with van der Waals surface area (Å²) in [6, 6.07) is 2.79. The fourth-order valence-electron chi connectivity index (χ4n) is 0.638. The molecule has 1 rings (SSSR count). The molecule has 0 radical (unpaired) electrons. The van der Waals surface area contributed by atoms with Crippen molar-refractivity contribution in [3.63, 3.8) is 0 Å². The Bertz CT molecular complexity index is 379. The van der Waals surface area contributed by atoms with Crippen molar-refractivity contribution < 1.29 is 28.3 Å². The Morgan fingerprint density at radius 1 is 1.57 bits per heavy atom. The van der Waals surface area contributed by atoms with Crippen LogP contribution in [0, 0.1) is 0 Å². The number of hydrogen-bond acceptors (Lipinski definition) is 4. The highest BCUT2D eigenvalue weighted by molar-refractivity contribution is 9.10. The number of esters is 1. The van der Waals surface area contributed by atoms with Crippen LogP contribution in [0.1, 0.15) is 10.6 Å². The van der Waals surface area contributed by atoms with E-state index >= 15 is 0 Å². The summed E-state index contributed by atoms with van der Waals surface area (Å²) in [5, 5.41) is 0. The Morgan fingerprint density at radius 2 is 2.21 bits per heavy atom. The highest BCUT2D eigenvalue weighted by Crippen LogP contribution is 2.34. The second kappa shape index (κ2) is 4.27. The number of carbonyl (C=O) groups excluding carboxylic acids is 1. The van der Waals surface area contributed by atoms with Gasteiger partial charge in [0.25, 0.3) is 0 Å². The van der Waals surface area contributed by atoms with Gasteiger partial charge in [-0.25, -0.2) is 4.79 Å². The highest BCUT2D eigenvalue weighted by atomic mass is 79.9. The fraction of sp³-hybridized carbons (Fsp3) is 0.167. The van der Waals surface area contributed by atoms with Crippen molar-refractivity contribution in [3.8, 4) is 0 Å². The van der Waals surface area contributed by atoms with Crippen molar-refractivity contribution in [1.29, 1.82) is 0 Å². The van der Waals surface area contributed by atoms with Gasteiger partial charge < -0.3 is 18.9 Å². The van der Waals surface area contributed by atoms with Crippen LogP contribution in [0.2, 0.25) is 0 Å². The molecule has 0 saturated heterocycles. The summed E-state index contributed by atoms with van der Waals surface area (Å²) in [6.07, 6.45) is -0.954. The molecule has 2 N–H and O–H groups in total. The number of carbonyl (C=O) groups is 1. The molecule has 0 amide bonds. The molecule has 78 valence electrons. The van der Waals surface area contributed by atoms with Crippen molar-refractivity contribution >= 4 is 29.5 Å². The van der Waals surface area contributed by atoms with Crippen LogP contribution < -0.4 is 0 Å². The molecule has 0 spiro atoms. The van der Waals surface area contributed by atoms with Crippen LogP contribution in [0.5, 0.6) is 0 Å². The lowest BCUT2D eigenvalue weighted by Gasteiger charge is -2.03. The monoisotopic (exact) mass is 284 g/mol. The van der Waals surface area contributed by atoms with E-state index in [4.69, 9.17) is 14.2 Å². The van der Waals surface area contributed by atoms with E-state index in [1.165, 1.54) is 12.1 Å². The van der Waals surface area contributed by atoms with Gasteiger partial charge in [0, 0.05) is 0 Å². The lowest BCUT2D eigenvalue weighted by atomic mass is 10.5. The van der Waals surface area contributed by atoms with E-state index in [0.29, 0.717) is 4.67 Å². The van der Waals surface area contributed by atoms with Crippen LogP contribution >= 0.6 is 23.5 Å².